The van der Waals surface area contributed by atoms with E-state index in [1.807, 2.05) is 0 Å². The number of aliphatic imine (C=N–C) groups is 1. The van der Waals surface area contributed by atoms with Crippen LogP contribution in [0.2, 0.25) is 0 Å². The first-order chi connectivity index (χ1) is 32.7. The second-order valence-corrected chi connectivity index (χ2v) is 16.9. The number of nitrogens with zero attached hydrogens (tertiary/aromatic N) is 1. The fourth-order valence-corrected chi connectivity index (χ4v) is 5.94. The predicted octanol–water partition coefficient (Wildman–Crippen LogP) is -6.28. The number of amides is 10. The Balaban J connectivity index is 5.26. The first-order valence-corrected chi connectivity index (χ1v) is 23.1. The molecule has 0 radical (unpaired) electrons. The lowest BCUT2D eigenvalue weighted by Crippen LogP contribution is -2.59. The number of nitrogens with one attached hydrogen (secondary N) is 10. The van der Waals surface area contributed by atoms with Gasteiger partial charge in [-0.15, -0.1) is 0 Å². The van der Waals surface area contributed by atoms with Crippen molar-refractivity contribution >= 4 is 71.0 Å². The van der Waals surface area contributed by atoms with Crippen LogP contribution in [0.1, 0.15) is 107 Å². The largest absolute Gasteiger partial charge is 0.480 e. The number of nitrogens with two attached hydrogens (primary N) is 5. The highest BCUT2D eigenvalue weighted by molar-refractivity contribution is 5.98. The van der Waals surface area contributed by atoms with Crippen molar-refractivity contribution in [3.63, 3.8) is 0 Å². The third kappa shape index (κ3) is 25.1. The third-order valence-corrected chi connectivity index (χ3v) is 10.5. The van der Waals surface area contributed by atoms with Gasteiger partial charge in [-0.1, -0.05) is 0 Å². The smallest absolute Gasteiger partial charge is 0.326 e. The summed E-state index contributed by atoms with van der Waals surface area (Å²) in [7, 11) is 0. The van der Waals surface area contributed by atoms with Gasteiger partial charge in [-0.2, -0.15) is 0 Å². The minimum absolute atomic E-state index is 0.0869. The van der Waals surface area contributed by atoms with E-state index < -0.39 is 132 Å². The van der Waals surface area contributed by atoms with Gasteiger partial charge in [0.2, 0.25) is 59.1 Å². The fraction of sp³-hybridized carbons (Fsp3) is 0.714. The maximum absolute atomic E-state index is 13.4. The zero-order valence-electron chi connectivity index (χ0n) is 41.4. The SMILES string of the molecule is C[C@H](NC(=O)[C@H](C)NC(=O)[C@H](C)NC(=O)[C@H](CCCCN)NC(=O)[C@H](C)NC(=O)[C@H](C)NC(=O)[C@H](C)NC(=O)[C@H](C)NC(=O)[C@@H](N)CCCN=C(N)N)C(=O)N[C@@H](C)C(=O)N[C@@H](CCCCN)C(=O)O. The van der Waals surface area contributed by atoms with Crippen molar-refractivity contribution in [1.29, 1.82) is 0 Å². The van der Waals surface area contributed by atoms with Gasteiger partial charge in [-0.25, -0.2) is 4.79 Å². The van der Waals surface area contributed by atoms with Crippen LogP contribution in [0.25, 0.3) is 0 Å². The first-order valence-electron chi connectivity index (χ1n) is 23.1. The van der Waals surface area contributed by atoms with Gasteiger partial charge in [0.25, 0.3) is 0 Å². The molecule has 0 rings (SSSR count). The molecule has 70 heavy (non-hydrogen) atoms. The Labute approximate surface area is 407 Å². The van der Waals surface area contributed by atoms with E-state index in [0.717, 1.165) is 0 Å². The Morgan fingerprint density at radius 3 is 0.957 bits per heavy atom. The number of hydrogen-bond acceptors (Lipinski definition) is 15. The molecule has 0 unspecified atom stereocenters. The number of rotatable bonds is 33. The van der Waals surface area contributed by atoms with Crippen molar-refractivity contribution in [2.75, 3.05) is 19.6 Å². The van der Waals surface area contributed by atoms with Crippen molar-refractivity contribution < 1.29 is 57.8 Å². The molecule has 0 aliphatic carbocycles. The summed E-state index contributed by atoms with van der Waals surface area (Å²) in [5, 5.41) is 33.8. The number of guanidine groups is 1. The van der Waals surface area contributed by atoms with Crippen LogP contribution in [-0.4, -0.2) is 162 Å². The molecule has 10 amide bonds. The molecule has 0 heterocycles. The maximum Gasteiger partial charge on any atom is 0.326 e. The molecular formula is C42H78N16O12. The van der Waals surface area contributed by atoms with Gasteiger partial charge >= 0.3 is 5.97 Å². The highest BCUT2D eigenvalue weighted by Gasteiger charge is 2.31. The quantitative estimate of drug-likeness (QED) is 0.0165. The van der Waals surface area contributed by atoms with Crippen LogP contribution in [0.4, 0.5) is 0 Å². The van der Waals surface area contributed by atoms with Gasteiger partial charge in [0.15, 0.2) is 5.96 Å². The number of aliphatic carboxylic acids is 1. The van der Waals surface area contributed by atoms with E-state index in [4.69, 9.17) is 28.7 Å². The molecule has 0 bridgehead atoms. The summed E-state index contributed by atoms with van der Waals surface area (Å²) in [6, 6.07) is -12.8. The number of carboxylic acids is 1. The molecule has 0 saturated carbocycles. The molecule has 0 saturated heterocycles. The summed E-state index contributed by atoms with van der Waals surface area (Å²) in [6.07, 6.45) is 2.78. The molecule has 11 atom stereocenters. The summed E-state index contributed by atoms with van der Waals surface area (Å²) in [6.45, 7) is 11.6. The second kappa shape index (κ2) is 33.0. The topological polar surface area (TPSA) is 471 Å². The van der Waals surface area contributed by atoms with Crippen molar-refractivity contribution in [2.24, 2.45) is 33.7 Å². The van der Waals surface area contributed by atoms with Crippen LogP contribution in [0.5, 0.6) is 0 Å². The zero-order chi connectivity index (χ0) is 53.8. The predicted molar refractivity (Wildman–Crippen MR) is 256 cm³/mol. The molecule has 398 valence electrons. The van der Waals surface area contributed by atoms with Crippen molar-refractivity contribution in [3.8, 4) is 0 Å². The molecule has 0 aromatic rings. The van der Waals surface area contributed by atoms with E-state index in [1.165, 1.54) is 55.4 Å². The highest BCUT2D eigenvalue weighted by Crippen LogP contribution is 2.05. The summed E-state index contributed by atoms with van der Waals surface area (Å²) in [4.78, 5) is 144. The van der Waals surface area contributed by atoms with Crippen LogP contribution in [0.3, 0.4) is 0 Å². The molecule has 0 fully saturated rings. The first kappa shape index (κ1) is 63.3. The average molecular weight is 999 g/mol. The molecular weight excluding hydrogens is 921 g/mol. The molecule has 0 aromatic carbocycles. The normalized spacial score (nSPS) is 15.6. The van der Waals surface area contributed by atoms with Gasteiger partial charge in [-0.3, -0.25) is 52.9 Å². The van der Waals surface area contributed by atoms with Gasteiger partial charge < -0.3 is 86.9 Å². The monoisotopic (exact) mass is 999 g/mol. The Morgan fingerprint density at radius 1 is 0.386 bits per heavy atom. The van der Waals surface area contributed by atoms with Gasteiger partial charge in [0.05, 0.1) is 6.04 Å². The maximum atomic E-state index is 13.4. The Kier molecular flexibility index (Phi) is 29.8. The molecule has 0 aliphatic rings. The third-order valence-electron chi connectivity index (χ3n) is 10.5. The van der Waals surface area contributed by atoms with E-state index in [9.17, 15) is 57.8 Å². The van der Waals surface area contributed by atoms with Gasteiger partial charge in [-0.05, 0) is 120 Å². The van der Waals surface area contributed by atoms with Crippen LogP contribution in [0, 0.1) is 0 Å². The zero-order valence-corrected chi connectivity index (χ0v) is 41.4. The van der Waals surface area contributed by atoms with Crippen LogP contribution >= 0.6 is 0 Å². The van der Waals surface area contributed by atoms with Crippen molar-refractivity contribution in [3.05, 3.63) is 0 Å². The molecule has 0 spiro atoms. The Morgan fingerprint density at radius 2 is 0.657 bits per heavy atom. The second-order valence-electron chi connectivity index (χ2n) is 16.9. The molecule has 0 aliphatic heterocycles. The number of carbonyl (C=O) groups is 11. The lowest BCUT2D eigenvalue weighted by atomic mass is 10.1. The summed E-state index contributed by atoms with van der Waals surface area (Å²) < 4.78 is 0. The van der Waals surface area contributed by atoms with Gasteiger partial charge in [0, 0.05) is 6.54 Å². The molecule has 28 nitrogen and oxygen atoms in total. The van der Waals surface area contributed by atoms with Crippen LogP contribution in [-0.2, 0) is 52.7 Å². The van der Waals surface area contributed by atoms with E-state index in [0.29, 0.717) is 38.6 Å². The fourth-order valence-electron chi connectivity index (χ4n) is 5.94. The van der Waals surface area contributed by atoms with Crippen molar-refractivity contribution in [2.45, 2.75) is 173 Å². The van der Waals surface area contributed by atoms with Crippen molar-refractivity contribution in [1.82, 2.24) is 53.2 Å². The van der Waals surface area contributed by atoms with E-state index in [-0.39, 0.29) is 38.3 Å². The molecule has 0 aromatic heterocycles. The van der Waals surface area contributed by atoms with E-state index in [1.54, 1.807) is 0 Å². The number of unbranched alkanes of at least 4 members (excludes halogenated alkanes) is 2. The van der Waals surface area contributed by atoms with Crippen LogP contribution < -0.4 is 81.8 Å². The average Bonchev–Trinajstić information content (AvgIpc) is 3.28. The summed E-state index contributed by atoms with van der Waals surface area (Å²) in [5.74, 6) is -8.90. The lowest BCUT2D eigenvalue weighted by molar-refractivity contribution is -0.142. The number of hydrogen-bond donors (Lipinski definition) is 16. The Bertz CT molecular complexity index is 1830. The summed E-state index contributed by atoms with van der Waals surface area (Å²) in [5.41, 5.74) is 27.5. The molecule has 28 heteroatoms. The summed E-state index contributed by atoms with van der Waals surface area (Å²) >= 11 is 0. The number of carbonyl (C=O) groups excluding carboxylic acids is 10. The number of carboxylic acid groups (broad SMARTS) is 1. The molecule has 21 N–H and O–H groups in total. The van der Waals surface area contributed by atoms with E-state index in [2.05, 4.69) is 58.2 Å². The minimum Gasteiger partial charge on any atom is -0.480 e. The Hall–Kier alpha value is -6.68. The standard InChI is InChI=1S/C42H78N16O12/c1-20(51-35(63)24(5)55-39(67)28(45)14-13-19-48-42(46)47)31(59)49-22(3)33(61)53-26(7)37(65)57-29(15-9-11-17-43)40(68)56-25(6)36(64)52-21(2)32(60)50-23(4)34(62)54-27(8)38(66)58-30(41(69)70)16-10-12-18-44/h20-30H,9-19,43-45H2,1-8H3,(H,49,59)(H,50,60)(H,51,63)(H,52,64)(H,53,61)(H,54,62)(H,55,67)(H,56,68)(H,57,65)(H,58,66)(H,69,70)(H4,46,47,48)/t20-,21-,22-,23-,24-,25-,26-,27-,28-,29-,30-/m0/s1. The lowest BCUT2D eigenvalue weighted by Gasteiger charge is -2.25. The van der Waals surface area contributed by atoms with E-state index >= 15 is 0 Å². The van der Waals surface area contributed by atoms with Gasteiger partial charge in [0.1, 0.15) is 60.4 Å². The highest BCUT2D eigenvalue weighted by atomic mass is 16.4. The minimum atomic E-state index is -1.25. The van der Waals surface area contributed by atoms with Crippen LogP contribution in [0.15, 0.2) is 4.99 Å².